The van der Waals surface area contributed by atoms with E-state index in [0.717, 1.165) is 15.6 Å². The lowest BCUT2D eigenvalue weighted by atomic mass is 9.90. The summed E-state index contributed by atoms with van der Waals surface area (Å²) in [6.07, 6.45) is 0. The predicted octanol–water partition coefficient (Wildman–Crippen LogP) is 3.40. The van der Waals surface area contributed by atoms with Crippen LogP contribution in [0.15, 0.2) is 10.5 Å². The average Bonchev–Trinajstić information content (AvgIpc) is 2.06. The average molecular weight is 260 g/mol. The van der Waals surface area contributed by atoms with Gasteiger partial charge in [-0.3, -0.25) is 0 Å². The highest BCUT2D eigenvalue weighted by atomic mass is 79.9. The zero-order chi connectivity index (χ0) is 11.1. The predicted molar refractivity (Wildman–Crippen MR) is 60.8 cm³/mol. The van der Waals surface area contributed by atoms with Crippen molar-refractivity contribution in [3.05, 3.63) is 33.0 Å². The van der Waals surface area contributed by atoms with Crippen molar-refractivity contribution in [2.45, 2.75) is 33.2 Å². The molecule has 0 aromatic heterocycles. The fourth-order valence-electron chi connectivity index (χ4n) is 1.52. The van der Waals surface area contributed by atoms with Crippen LogP contribution in [0.2, 0.25) is 0 Å². The van der Waals surface area contributed by atoms with Gasteiger partial charge >= 0.3 is 0 Å². The summed E-state index contributed by atoms with van der Waals surface area (Å²) in [5.41, 5.74) is 7.93. The minimum Gasteiger partial charge on any atom is -0.322 e. The lowest BCUT2D eigenvalue weighted by molar-refractivity contribution is 0.537. The van der Waals surface area contributed by atoms with Crippen molar-refractivity contribution in [1.82, 2.24) is 0 Å². The van der Waals surface area contributed by atoms with Gasteiger partial charge in [0.25, 0.3) is 0 Å². The normalized spacial score (nSPS) is 11.9. The molecule has 0 aliphatic rings. The Labute approximate surface area is 92.6 Å². The summed E-state index contributed by atoms with van der Waals surface area (Å²) in [7, 11) is 0. The van der Waals surface area contributed by atoms with Gasteiger partial charge in [-0.05, 0) is 50.5 Å². The number of halogens is 2. The van der Waals surface area contributed by atoms with Crippen LogP contribution in [0.1, 0.15) is 30.5 Å². The first-order chi connectivity index (χ1) is 6.25. The third-order valence-electron chi connectivity index (χ3n) is 2.39. The summed E-state index contributed by atoms with van der Waals surface area (Å²) in [6.45, 7) is 7.44. The molecule has 0 aliphatic carbocycles. The summed E-state index contributed by atoms with van der Waals surface area (Å²) in [5, 5.41) is 0. The topological polar surface area (TPSA) is 26.0 Å². The third kappa shape index (κ3) is 1.98. The quantitative estimate of drug-likeness (QED) is 0.822. The highest BCUT2D eigenvalue weighted by Crippen LogP contribution is 2.31. The van der Waals surface area contributed by atoms with Gasteiger partial charge in [0, 0.05) is 10.0 Å². The van der Waals surface area contributed by atoms with E-state index < -0.39 is 5.54 Å². The summed E-state index contributed by atoms with van der Waals surface area (Å²) in [4.78, 5) is 0. The highest BCUT2D eigenvalue weighted by molar-refractivity contribution is 9.10. The summed E-state index contributed by atoms with van der Waals surface area (Å²) < 4.78 is 14.3. The highest BCUT2D eigenvalue weighted by Gasteiger charge is 2.20. The second-order valence-corrected chi connectivity index (χ2v) is 4.98. The van der Waals surface area contributed by atoms with Gasteiger partial charge in [-0.1, -0.05) is 15.9 Å². The molecule has 78 valence electrons. The van der Waals surface area contributed by atoms with Gasteiger partial charge in [0.05, 0.1) is 0 Å². The molecule has 0 saturated heterocycles. The number of hydrogen-bond acceptors (Lipinski definition) is 1. The van der Waals surface area contributed by atoms with E-state index in [1.807, 2.05) is 20.8 Å². The van der Waals surface area contributed by atoms with E-state index in [9.17, 15) is 4.39 Å². The van der Waals surface area contributed by atoms with Crippen molar-refractivity contribution in [1.29, 1.82) is 0 Å². The molecule has 0 saturated carbocycles. The molecular formula is C11H15BrFN. The Morgan fingerprint density at radius 3 is 2.21 bits per heavy atom. The van der Waals surface area contributed by atoms with E-state index in [-0.39, 0.29) is 5.82 Å². The van der Waals surface area contributed by atoms with Crippen molar-refractivity contribution < 1.29 is 4.39 Å². The second kappa shape index (κ2) is 3.63. The van der Waals surface area contributed by atoms with Gasteiger partial charge in [-0.15, -0.1) is 0 Å². The van der Waals surface area contributed by atoms with E-state index in [4.69, 9.17) is 5.73 Å². The largest absolute Gasteiger partial charge is 0.322 e. The van der Waals surface area contributed by atoms with E-state index in [2.05, 4.69) is 15.9 Å². The molecule has 1 aromatic carbocycles. The molecule has 2 N–H and O–H groups in total. The number of nitrogens with two attached hydrogens (primary N) is 1. The van der Waals surface area contributed by atoms with Crippen LogP contribution in [0.4, 0.5) is 4.39 Å². The molecule has 0 radical (unpaired) electrons. The molecule has 0 amide bonds. The number of hydrogen-bond donors (Lipinski definition) is 1. The third-order valence-corrected chi connectivity index (χ3v) is 3.58. The zero-order valence-corrected chi connectivity index (χ0v) is 10.5. The Morgan fingerprint density at radius 2 is 1.79 bits per heavy atom. The maximum Gasteiger partial charge on any atom is 0.127 e. The first-order valence-corrected chi connectivity index (χ1v) is 5.29. The minimum atomic E-state index is -0.513. The Kier molecular flexibility index (Phi) is 3.02. The Hall–Kier alpha value is -0.410. The van der Waals surface area contributed by atoms with Crippen molar-refractivity contribution in [3.63, 3.8) is 0 Å². The van der Waals surface area contributed by atoms with Crippen molar-refractivity contribution in [2.24, 2.45) is 5.73 Å². The van der Waals surface area contributed by atoms with Gasteiger partial charge in [-0.2, -0.15) is 0 Å². The summed E-state index contributed by atoms with van der Waals surface area (Å²) in [6, 6.07) is 1.52. The van der Waals surface area contributed by atoms with E-state index in [1.165, 1.54) is 6.07 Å². The van der Waals surface area contributed by atoms with Gasteiger partial charge in [0.15, 0.2) is 0 Å². The van der Waals surface area contributed by atoms with Gasteiger partial charge in [0.2, 0.25) is 0 Å². The van der Waals surface area contributed by atoms with Crippen LogP contribution in [0.5, 0.6) is 0 Å². The standard InChI is InChI=1S/C11H15BrFN/c1-6-8(11(3,4)14)5-9(13)7(2)10(6)12/h5H,14H2,1-4H3. The second-order valence-electron chi connectivity index (χ2n) is 4.19. The summed E-state index contributed by atoms with van der Waals surface area (Å²) in [5.74, 6) is -0.212. The van der Waals surface area contributed by atoms with Crippen LogP contribution < -0.4 is 5.73 Å². The summed E-state index contributed by atoms with van der Waals surface area (Å²) >= 11 is 3.38. The first kappa shape index (κ1) is 11.7. The number of benzene rings is 1. The molecule has 0 unspecified atom stereocenters. The zero-order valence-electron chi connectivity index (χ0n) is 8.91. The van der Waals surface area contributed by atoms with Crippen LogP contribution in [0.25, 0.3) is 0 Å². The molecule has 1 aromatic rings. The lowest BCUT2D eigenvalue weighted by Crippen LogP contribution is -2.30. The molecule has 0 fully saturated rings. The molecule has 0 atom stereocenters. The number of rotatable bonds is 1. The van der Waals surface area contributed by atoms with E-state index in [0.29, 0.717) is 5.56 Å². The lowest BCUT2D eigenvalue weighted by Gasteiger charge is -2.23. The van der Waals surface area contributed by atoms with Crippen LogP contribution in [-0.2, 0) is 5.54 Å². The Balaban J connectivity index is 3.49. The van der Waals surface area contributed by atoms with Crippen molar-refractivity contribution >= 4 is 15.9 Å². The molecule has 3 heteroatoms. The molecular weight excluding hydrogens is 245 g/mol. The van der Waals surface area contributed by atoms with E-state index in [1.54, 1.807) is 6.92 Å². The van der Waals surface area contributed by atoms with Gasteiger partial charge < -0.3 is 5.73 Å². The van der Waals surface area contributed by atoms with Crippen LogP contribution in [0, 0.1) is 19.7 Å². The van der Waals surface area contributed by atoms with Crippen molar-refractivity contribution in [3.8, 4) is 0 Å². The molecule has 0 heterocycles. The Bertz CT molecular complexity index is 367. The molecule has 0 spiro atoms. The Morgan fingerprint density at radius 1 is 1.29 bits per heavy atom. The van der Waals surface area contributed by atoms with Crippen LogP contribution in [0.3, 0.4) is 0 Å². The molecule has 1 rings (SSSR count). The van der Waals surface area contributed by atoms with Crippen molar-refractivity contribution in [2.75, 3.05) is 0 Å². The molecule has 0 bridgehead atoms. The van der Waals surface area contributed by atoms with Gasteiger partial charge in [-0.25, -0.2) is 4.39 Å². The van der Waals surface area contributed by atoms with Crippen LogP contribution in [-0.4, -0.2) is 0 Å². The minimum absolute atomic E-state index is 0.212. The SMILES string of the molecule is Cc1c(F)cc(C(C)(C)N)c(C)c1Br. The van der Waals surface area contributed by atoms with Crippen LogP contribution >= 0.6 is 15.9 Å². The first-order valence-electron chi connectivity index (χ1n) is 4.49. The molecule has 14 heavy (non-hydrogen) atoms. The monoisotopic (exact) mass is 259 g/mol. The van der Waals surface area contributed by atoms with E-state index >= 15 is 0 Å². The molecule has 1 nitrogen and oxygen atoms in total. The maximum atomic E-state index is 13.5. The van der Waals surface area contributed by atoms with Gasteiger partial charge in [0.1, 0.15) is 5.82 Å². The smallest absolute Gasteiger partial charge is 0.127 e. The molecule has 0 aliphatic heterocycles. The fraction of sp³-hybridized carbons (Fsp3) is 0.455. The fourth-order valence-corrected chi connectivity index (χ4v) is 1.92. The maximum absolute atomic E-state index is 13.5.